The van der Waals surface area contributed by atoms with Gasteiger partial charge in [0, 0.05) is 11.6 Å². The smallest absolute Gasteiger partial charge is 0.328 e. The van der Waals surface area contributed by atoms with Gasteiger partial charge in [-0.3, -0.25) is 19.1 Å². The number of rotatable bonds is 4. The summed E-state index contributed by atoms with van der Waals surface area (Å²) in [7, 11) is 0. The van der Waals surface area contributed by atoms with E-state index < -0.39 is 17.2 Å². The highest BCUT2D eigenvalue weighted by Crippen LogP contribution is 2.32. The molecule has 1 aliphatic heterocycles. The van der Waals surface area contributed by atoms with Crippen LogP contribution >= 0.6 is 0 Å². The number of H-pyrrole nitrogens is 1. The monoisotopic (exact) mass is 416 g/mol. The molecule has 4 aromatic rings. The largest absolute Gasteiger partial charge is 0.454 e. The second-order valence-electron chi connectivity index (χ2n) is 6.96. The average molecular weight is 416 g/mol. The van der Waals surface area contributed by atoms with E-state index >= 15 is 0 Å². The van der Waals surface area contributed by atoms with Crippen molar-refractivity contribution in [3.05, 3.63) is 92.9 Å². The molecule has 0 saturated heterocycles. The first-order valence-corrected chi connectivity index (χ1v) is 9.46. The van der Waals surface area contributed by atoms with Gasteiger partial charge in [0.05, 0.1) is 23.9 Å². The number of aromatic amines is 1. The second-order valence-corrected chi connectivity index (χ2v) is 6.96. The molecule has 9 nitrogen and oxygen atoms in total. The lowest BCUT2D eigenvalue weighted by atomic mass is 10.2. The Kier molecular flexibility index (Phi) is 4.47. The highest BCUT2D eigenvalue weighted by Gasteiger charge is 2.17. The fourth-order valence-corrected chi connectivity index (χ4v) is 3.38. The minimum Gasteiger partial charge on any atom is -0.454 e. The third-order valence-electron chi connectivity index (χ3n) is 4.93. The molecular formula is C22H16N4O5. The number of carbonyl (C=O) groups excluding carboxylic acids is 1. The topological polar surface area (TPSA) is 115 Å². The Morgan fingerprint density at radius 3 is 2.84 bits per heavy atom. The Morgan fingerprint density at radius 1 is 1.10 bits per heavy atom. The van der Waals surface area contributed by atoms with E-state index in [1.54, 1.807) is 24.3 Å². The molecule has 0 radical (unpaired) electrons. The van der Waals surface area contributed by atoms with Crippen molar-refractivity contribution in [1.82, 2.24) is 14.5 Å². The van der Waals surface area contributed by atoms with Crippen molar-refractivity contribution in [2.75, 3.05) is 12.1 Å². The quantitative estimate of drug-likeness (QED) is 0.527. The maximum atomic E-state index is 12.9. The standard InChI is InChI=1S/C22H16N4O5/c27-20(25-15-8-14-3-1-2-4-17(14)23-9-15)16-10-24-22(29)26(21(16)28)11-13-5-6-18-19(7-13)31-12-30-18/h1-10H,11-12H2,(H,24,29)(H,25,27). The molecule has 0 aliphatic carbocycles. The van der Waals surface area contributed by atoms with Gasteiger partial charge in [0.25, 0.3) is 11.5 Å². The third kappa shape index (κ3) is 3.52. The molecule has 9 heteroatoms. The van der Waals surface area contributed by atoms with Gasteiger partial charge in [0.2, 0.25) is 6.79 Å². The summed E-state index contributed by atoms with van der Waals surface area (Å²) in [6.07, 6.45) is 2.63. The molecule has 31 heavy (non-hydrogen) atoms. The van der Waals surface area contributed by atoms with Crippen LogP contribution in [0, 0.1) is 0 Å². The zero-order chi connectivity index (χ0) is 21.4. The Morgan fingerprint density at radius 2 is 1.94 bits per heavy atom. The summed E-state index contributed by atoms with van der Waals surface area (Å²) in [5.41, 5.74) is 0.383. The predicted molar refractivity (Wildman–Crippen MR) is 113 cm³/mol. The summed E-state index contributed by atoms with van der Waals surface area (Å²) in [4.78, 5) is 44.6. The molecule has 0 saturated carbocycles. The van der Waals surface area contributed by atoms with Crippen molar-refractivity contribution in [3.8, 4) is 11.5 Å². The van der Waals surface area contributed by atoms with Gasteiger partial charge in [-0.1, -0.05) is 24.3 Å². The second kappa shape index (κ2) is 7.45. The summed E-state index contributed by atoms with van der Waals surface area (Å²) in [5, 5.41) is 3.51. The molecule has 0 atom stereocenters. The predicted octanol–water partition coefficient (Wildman–Crippen LogP) is 2.11. The van der Waals surface area contributed by atoms with E-state index in [0.717, 1.165) is 21.7 Å². The maximum Gasteiger partial charge on any atom is 0.328 e. The zero-order valence-electron chi connectivity index (χ0n) is 16.1. The molecule has 0 fully saturated rings. The van der Waals surface area contributed by atoms with Gasteiger partial charge >= 0.3 is 5.69 Å². The minimum atomic E-state index is -0.701. The molecule has 2 aromatic carbocycles. The van der Waals surface area contributed by atoms with E-state index in [-0.39, 0.29) is 18.9 Å². The van der Waals surface area contributed by atoms with E-state index in [2.05, 4.69) is 15.3 Å². The van der Waals surface area contributed by atoms with Gasteiger partial charge in [-0.05, 0) is 29.8 Å². The van der Waals surface area contributed by atoms with Gasteiger partial charge < -0.3 is 19.8 Å². The molecule has 5 rings (SSSR count). The number of fused-ring (bicyclic) bond motifs is 2. The van der Waals surface area contributed by atoms with Crippen LogP contribution in [0.1, 0.15) is 15.9 Å². The number of ether oxygens (including phenoxy) is 2. The van der Waals surface area contributed by atoms with Crippen molar-refractivity contribution < 1.29 is 14.3 Å². The lowest BCUT2D eigenvalue weighted by molar-refractivity contribution is 0.102. The van der Waals surface area contributed by atoms with Crippen molar-refractivity contribution in [3.63, 3.8) is 0 Å². The van der Waals surface area contributed by atoms with Crippen LogP contribution in [0.15, 0.2) is 70.5 Å². The molecule has 2 aromatic heterocycles. The lowest BCUT2D eigenvalue weighted by Gasteiger charge is -2.09. The molecular weight excluding hydrogens is 400 g/mol. The number of hydrogen-bond donors (Lipinski definition) is 2. The van der Waals surface area contributed by atoms with Crippen LogP contribution in [-0.4, -0.2) is 27.2 Å². The zero-order valence-corrected chi connectivity index (χ0v) is 16.1. The first-order chi connectivity index (χ1) is 15.1. The first-order valence-electron chi connectivity index (χ1n) is 9.46. The molecule has 0 bridgehead atoms. The molecule has 3 heterocycles. The number of anilines is 1. The summed E-state index contributed by atoms with van der Waals surface area (Å²) >= 11 is 0. The van der Waals surface area contributed by atoms with Crippen LogP contribution in [0.25, 0.3) is 10.9 Å². The van der Waals surface area contributed by atoms with Gasteiger partial charge in [-0.15, -0.1) is 0 Å². The Hall–Kier alpha value is -4.40. The maximum absolute atomic E-state index is 12.9. The molecule has 2 N–H and O–H groups in total. The number of pyridine rings is 1. The van der Waals surface area contributed by atoms with Crippen LogP contribution in [0.5, 0.6) is 11.5 Å². The van der Waals surface area contributed by atoms with Crippen LogP contribution in [0.3, 0.4) is 0 Å². The highest BCUT2D eigenvalue weighted by molar-refractivity contribution is 6.04. The molecule has 1 amide bonds. The fraction of sp³-hybridized carbons (Fsp3) is 0.0909. The highest BCUT2D eigenvalue weighted by atomic mass is 16.7. The Balaban J connectivity index is 1.43. The number of carbonyl (C=O) groups is 1. The van der Waals surface area contributed by atoms with E-state index in [9.17, 15) is 14.4 Å². The Bertz CT molecular complexity index is 1440. The van der Waals surface area contributed by atoms with Crippen molar-refractivity contribution in [2.24, 2.45) is 0 Å². The summed E-state index contributed by atoms with van der Waals surface area (Å²) < 4.78 is 11.6. The van der Waals surface area contributed by atoms with Gasteiger partial charge in [-0.2, -0.15) is 0 Å². The number of para-hydroxylation sites is 1. The lowest BCUT2D eigenvalue weighted by Crippen LogP contribution is -2.39. The van der Waals surface area contributed by atoms with Gasteiger partial charge in [-0.25, -0.2) is 4.79 Å². The molecule has 154 valence electrons. The molecule has 0 spiro atoms. The Labute approximate surface area is 174 Å². The van der Waals surface area contributed by atoms with Crippen LogP contribution in [-0.2, 0) is 6.54 Å². The number of benzene rings is 2. The number of hydrogen-bond acceptors (Lipinski definition) is 6. The number of nitrogens with zero attached hydrogens (tertiary/aromatic N) is 2. The van der Waals surface area contributed by atoms with Gasteiger partial charge in [0.15, 0.2) is 11.5 Å². The molecule has 1 aliphatic rings. The summed E-state index contributed by atoms with van der Waals surface area (Å²) in [6, 6.07) is 14.4. The van der Waals surface area contributed by atoms with Crippen molar-refractivity contribution >= 4 is 22.5 Å². The molecule has 0 unspecified atom stereocenters. The van der Waals surface area contributed by atoms with E-state index in [4.69, 9.17) is 9.47 Å². The summed E-state index contributed by atoms with van der Waals surface area (Å²) in [6.45, 7) is 0.0993. The van der Waals surface area contributed by atoms with Crippen molar-refractivity contribution in [2.45, 2.75) is 6.54 Å². The first kappa shape index (κ1) is 18.6. The number of nitrogens with one attached hydrogen (secondary N) is 2. The van der Waals surface area contributed by atoms with E-state index in [1.165, 1.54) is 6.20 Å². The normalized spacial score (nSPS) is 12.1. The van der Waals surface area contributed by atoms with Crippen LogP contribution < -0.4 is 26.0 Å². The van der Waals surface area contributed by atoms with Crippen molar-refractivity contribution in [1.29, 1.82) is 0 Å². The van der Waals surface area contributed by atoms with Crippen LogP contribution in [0.2, 0.25) is 0 Å². The van der Waals surface area contributed by atoms with E-state index in [1.807, 2.05) is 24.3 Å². The number of aromatic nitrogens is 3. The number of amides is 1. The average Bonchev–Trinajstić information content (AvgIpc) is 3.24. The van der Waals surface area contributed by atoms with Gasteiger partial charge in [0.1, 0.15) is 5.56 Å². The summed E-state index contributed by atoms with van der Waals surface area (Å²) in [5.74, 6) is 0.500. The minimum absolute atomic E-state index is 0.0243. The van der Waals surface area contributed by atoms with E-state index in [0.29, 0.717) is 22.7 Å². The van der Waals surface area contributed by atoms with Crippen LogP contribution in [0.4, 0.5) is 5.69 Å². The third-order valence-corrected chi connectivity index (χ3v) is 4.93. The SMILES string of the molecule is O=C(Nc1cnc2ccccc2c1)c1c[nH]c(=O)n(Cc2ccc3c(c2)OCO3)c1=O. The fourth-order valence-electron chi connectivity index (χ4n) is 3.38.